The average Bonchev–Trinajstić information content (AvgIpc) is 3.41. The number of amides is 1. The number of hydrogen-bond donors (Lipinski definition) is 1. The van der Waals surface area contributed by atoms with E-state index < -0.39 is 0 Å². The lowest BCUT2D eigenvalue weighted by Gasteiger charge is -2.12. The van der Waals surface area contributed by atoms with E-state index in [4.69, 9.17) is 11.6 Å². The summed E-state index contributed by atoms with van der Waals surface area (Å²) in [6, 6.07) is 13.4. The number of aryl methyl sites for hydroxylation is 1. The maximum Gasteiger partial charge on any atom is 0.296 e. The molecule has 31 heavy (non-hydrogen) atoms. The molecule has 0 unspecified atom stereocenters. The molecule has 1 aliphatic rings. The smallest absolute Gasteiger partial charge is 0.296 e. The van der Waals surface area contributed by atoms with Gasteiger partial charge >= 0.3 is 0 Å². The van der Waals surface area contributed by atoms with E-state index in [-0.39, 0.29) is 29.0 Å². The summed E-state index contributed by atoms with van der Waals surface area (Å²) >= 11 is 6.14. The first kappa shape index (κ1) is 19.8. The molecule has 0 atom stereocenters. The van der Waals surface area contributed by atoms with E-state index in [1.165, 1.54) is 4.52 Å². The standard InChI is InChI=1S/C23H22ClN5O2/c1-14-9-10-18-19(11-14)28(13-15-5-4-6-16(24)12-15)23(31)21-26-20(27-29(18)21)22(30)25-17-7-2-3-8-17/h4-6,9-12,17H,2-3,7-8,13H2,1H3,(H,25,30). The minimum atomic E-state index is -0.336. The van der Waals surface area contributed by atoms with Gasteiger partial charge in [-0.25, -0.2) is 4.52 Å². The fourth-order valence-electron chi connectivity index (χ4n) is 4.27. The fraction of sp³-hybridized carbons (Fsp3) is 0.304. The molecule has 2 aromatic heterocycles. The number of benzene rings is 2. The Balaban J connectivity index is 1.65. The van der Waals surface area contributed by atoms with Crippen molar-refractivity contribution < 1.29 is 4.79 Å². The Morgan fingerprint density at radius 3 is 2.74 bits per heavy atom. The van der Waals surface area contributed by atoms with Gasteiger partial charge in [0.1, 0.15) is 0 Å². The number of halogens is 1. The van der Waals surface area contributed by atoms with Crippen LogP contribution in [0.4, 0.5) is 0 Å². The predicted molar refractivity (Wildman–Crippen MR) is 120 cm³/mol. The van der Waals surface area contributed by atoms with Crippen LogP contribution in [-0.2, 0) is 6.54 Å². The van der Waals surface area contributed by atoms with Crippen LogP contribution in [0.25, 0.3) is 16.7 Å². The van der Waals surface area contributed by atoms with Crippen LogP contribution < -0.4 is 10.9 Å². The van der Waals surface area contributed by atoms with Crippen LogP contribution in [0, 0.1) is 6.92 Å². The lowest BCUT2D eigenvalue weighted by Crippen LogP contribution is -2.33. The van der Waals surface area contributed by atoms with Crippen molar-refractivity contribution in [3.05, 3.63) is 74.8 Å². The average molecular weight is 436 g/mol. The summed E-state index contributed by atoms with van der Waals surface area (Å²) < 4.78 is 3.14. The second-order valence-corrected chi connectivity index (χ2v) is 8.58. The van der Waals surface area contributed by atoms with Gasteiger partial charge in [-0.05, 0) is 55.2 Å². The molecule has 0 bridgehead atoms. The third-order valence-electron chi connectivity index (χ3n) is 5.82. The summed E-state index contributed by atoms with van der Waals surface area (Å²) in [5, 5.41) is 8.00. The second kappa shape index (κ2) is 7.81. The number of fused-ring (bicyclic) bond motifs is 3. The summed E-state index contributed by atoms with van der Waals surface area (Å²) in [4.78, 5) is 30.4. The van der Waals surface area contributed by atoms with Gasteiger partial charge in [-0.1, -0.05) is 42.6 Å². The molecule has 8 heteroatoms. The van der Waals surface area contributed by atoms with Crippen molar-refractivity contribution in [2.75, 3.05) is 0 Å². The molecule has 158 valence electrons. The molecule has 0 spiro atoms. The molecule has 7 nitrogen and oxygen atoms in total. The van der Waals surface area contributed by atoms with Gasteiger partial charge in [0.15, 0.2) is 0 Å². The summed E-state index contributed by atoms with van der Waals surface area (Å²) in [5.74, 6) is -0.317. The van der Waals surface area contributed by atoms with Crippen molar-refractivity contribution in [2.45, 2.75) is 45.2 Å². The van der Waals surface area contributed by atoms with Gasteiger partial charge in [0, 0.05) is 11.1 Å². The van der Waals surface area contributed by atoms with Gasteiger partial charge in [-0.3, -0.25) is 14.2 Å². The minimum absolute atomic E-state index is 0.0198. The van der Waals surface area contributed by atoms with Gasteiger partial charge in [0.2, 0.25) is 11.5 Å². The first-order chi connectivity index (χ1) is 15.0. The SMILES string of the molecule is Cc1ccc2c(c1)n(Cc1cccc(Cl)c1)c(=O)c1nc(C(=O)NC3CCCC3)nn12. The number of aromatic nitrogens is 4. The van der Waals surface area contributed by atoms with Gasteiger partial charge in [0.25, 0.3) is 11.5 Å². The third kappa shape index (κ3) is 3.70. The van der Waals surface area contributed by atoms with Gasteiger partial charge in [0.05, 0.1) is 17.6 Å². The lowest BCUT2D eigenvalue weighted by atomic mass is 10.2. The molecule has 5 rings (SSSR count). The molecular formula is C23H22ClN5O2. The van der Waals surface area contributed by atoms with Crippen LogP contribution in [0.2, 0.25) is 5.02 Å². The first-order valence-corrected chi connectivity index (χ1v) is 10.8. The van der Waals surface area contributed by atoms with E-state index in [0.29, 0.717) is 11.6 Å². The molecular weight excluding hydrogens is 414 g/mol. The highest BCUT2D eigenvalue weighted by Crippen LogP contribution is 2.20. The van der Waals surface area contributed by atoms with E-state index in [0.717, 1.165) is 47.8 Å². The molecule has 0 radical (unpaired) electrons. The molecule has 2 heterocycles. The molecule has 4 aromatic rings. The zero-order valence-electron chi connectivity index (χ0n) is 17.1. The normalized spacial score (nSPS) is 14.5. The predicted octanol–water partition coefficient (Wildman–Crippen LogP) is 3.73. The zero-order chi connectivity index (χ0) is 21.5. The van der Waals surface area contributed by atoms with Crippen molar-refractivity contribution in [3.8, 4) is 0 Å². The van der Waals surface area contributed by atoms with E-state index >= 15 is 0 Å². The van der Waals surface area contributed by atoms with Crippen molar-refractivity contribution in [1.29, 1.82) is 0 Å². The molecule has 1 saturated carbocycles. The Labute approximate surface area is 183 Å². The molecule has 1 N–H and O–H groups in total. The number of carbonyl (C=O) groups is 1. The number of carbonyl (C=O) groups excluding carboxylic acids is 1. The Bertz CT molecular complexity index is 1370. The molecule has 1 aliphatic carbocycles. The number of hydrogen-bond acceptors (Lipinski definition) is 4. The van der Waals surface area contributed by atoms with Crippen molar-refractivity contribution in [1.82, 2.24) is 24.5 Å². The maximum absolute atomic E-state index is 13.4. The van der Waals surface area contributed by atoms with E-state index in [2.05, 4.69) is 15.4 Å². The van der Waals surface area contributed by atoms with Gasteiger partial charge < -0.3 is 5.32 Å². The molecule has 0 saturated heterocycles. The summed E-state index contributed by atoms with van der Waals surface area (Å²) in [7, 11) is 0. The largest absolute Gasteiger partial charge is 0.347 e. The van der Waals surface area contributed by atoms with Crippen molar-refractivity contribution >= 4 is 34.2 Å². The Kier molecular flexibility index (Phi) is 4.98. The van der Waals surface area contributed by atoms with Crippen LogP contribution >= 0.6 is 11.6 Å². The van der Waals surface area contributed by atoms with E-state index in [1.54, 1.807) is 10.6 Å². The Morgan fingerprint density at radius 2 is 1.97 bits per heavy atom. The van der Waals surface area contributed by atoms with Crippen LogP contribution in [0.1, 0.15) is 47.4 Å². The zero-order valence-corrected chi connectivity index (χ0v) is 17.9. The van der Waals surface area contributed by atoms with Crippen molar-refractivity contribution in [2.24, 2.45) is 0 Å². The highest BCUT2D eigenvalue weighted by Gasteiger charge is 2.23. The second-order valence-electron chi connectivity index (χ2n) is 8.14. The van der Waals surface area contributed by atoms with Crippen LogP contribution in [-0.4, -0.2) is 31.1 Å². The third-order valence-corrected chi connectivity index (χ3v) is 6.05. The quantitative estimate of drug-likeness (QED) is 0.529. The monoisotopic (exact) mass is 435 g/mol. The first-order valence-electron chi connectivity index (χ1n) is 10.4. The fourth-order valence-corrected chi connectivity index (χ4v) is 4.48. The number of nitrogens with one attached hydrogen (secondary N) is 1. The van der Waals surface area contributed by atoms with Gasteiger partial charge in [-0.2, -0.15) is 4.98 Å². The molecule has 0 aliphatic heterocycles. The van der Waals surface area contributed by atoms with Crippen LogP contribution in [0.3, 0.4) is 0 Å². The molecule has 2 aromatic carbocycles. The minimum Gasteiger partial charge on any atom is -0.347 e. The highest BCUT2D eigenvalue weighted by atomic mass is 35.5. The highest BCUT2D eigenvalue weighted by molar-refractivity contribution is 6.30. The molecule has 1 amide bonds. The number of rotatable bonds is 4. The lowest BCUT2D eigenvalue weighted by molar-refractivity contribution is 0.0927. The van der Waals surface area contributed by atoms with E-state index in [1.807, 2.05) is 43.3 Å². The molecule has 1 fully saturated rings. The number of nitrogens with zero attached hydrogens (tertiary/aromatic N) is 4. The van der Waals surface area contributed by atoms with Gasteiger partial charge in [-0.15, -0.1) is 5.10 Å². The summed E-state index contributed by atoms with van der Waals surface area (Å²) in [6.07, 6.45) is 4.16. The Hall–Kier alpha value is -3.19. The van der Waals surface area contributed by atoms with Crippen molar-refractivity contribution in [3.63, 3.8) is 0 Å². The van der Waals surface area contributed by atoms with E-state index in [9.17, 15) is 9.59 Å². The van der Waals surface area contributed by atoms with Crippen LogP contribution in [0.15, 0.2) is 47.3 Å². The maximum atomic E-state index is 13.4. The topological polar surface area (TPSA) is 81.3 Å². The summed E-state index contributed by atoms with van der Waals surface area (Å²) in [6.45, 7) is 2.31. The van der Waals surface area contributed by atoms with Crippen LogP contribution in [0.5, 0.6) is 0 Å². The summed E-state index contributed by atoms with van der Waals surface area (Å²) in [5.41, 5.74) is 3.20. The Morgan fingerprint density at radius 1 is 1.16 bits per heavy atom.